The van der Waals surface area contributed by atoms with Crippen LogP contribution in [0.2, 0.25) is 0 Å². The largest absolute Gasteiger partial charge is 0.350 e. The zero-order valence-electron chi connectivity index (χ0n) is 10.9. The van der Waals surface area contributed by atoms with Gasteiger partial charge in [0.25, 0.3) is 0 Å². The standard InChI is InChI=1S/C12H21N3O2S/c1-8(4-3-5-9(2)13)11(16)14-6-10-7-18-12(17)15-10/h7-9H,3-6,13H2,1-2H3,(H,14,16)(H,15,17). The first-order chi connectivity index (χ1) is 8.49. The lowest BCUT2D eigenvalue weighted by molar-refractivity contribution is -0.124. The Bertz CT molecular complexity index is 425. The average molecular weight is 271 g/mol. The van der Waals surface area contributed by atoms with Crippen molar-refractivity contribution >= 4 is 17.2 Å². The zero-order valence-corrected chi connectivity index (χ0v) is 11.7. The molecule has 1 heterocycles. The van der Waals surface area contributed by atoms with Crippen molar-refractivity contribution in [3.05, 3.63) is 20.7 Å². The number of nitrogens with one attached hydrogen (secondary N) is 2. The van der Waals surface area contributed by atoms with Crippen molar-refractivity contribution in [2.75, 3.05) is 0 Å². The molecule has 0 bridgehead atoms. The molecule has 0 fully saturated rings. The van der Waals surface area contributed by atoms with Gasteiger partial charge in [0.2, 0.25) is 5.91 Å². The molecule has 0 aliphatic heterocycles. The zero-order chi connectivity index (χ0) is 13.5. The van der Waals surface area contributed by atoms with E-state index < -0.39 is 0 Å². The van der Waals surface area contributed by atoms with Crippen LogP contribution in [0.4, 0.5) is 0 Å². The van der Waals surface area contributed by atoms with Crippen molar-refractivity contribution in [1.82, 2.24) is 10.3 Å². The van der Waals surface area contributed by atoms with Gasteiger partial charge in [-0.15, -0.1) is 0 Å². The number of aromatic amines is 1. The molecule has 2 atom stereocenters. The van der Waals surface area contributed by atoms with Crippen LogP contribution in [0.5, 0.6) is 0 Å². The van der Waals surface area contributed by atoms with Gasteiger partial charge in [0.15, 0.2) is 0 Å². The third kappa shape index (κ3) is 5.46. The fourth-order valence-electron chi connectivity index (χ4n) is 1.63. The third-order valence-corrected chi connectivity index (χ3v) is 3.49. The van der Waals surface area contributed by atoms with E-state index in [0.717, 1.165) is 36.3 Å². The van der Waals surface area contributed by atoms with Gasteiger partial charge in [0.05, 0.1) is 6.54 Å². The third-order valence-electron chi connectivity index (χ3n) is 2.77. The van der Waals surface area contributed by atoms with E-state index in [9.17, 15) is 9.59 Å². The molecule has 5 nitrogen and oxygen atoms in total. The van der Waals surface area contributed by atoms with E-state index in [1.807, 2.05) is 13.8 Å². The van der Waals surface area contributed by atoms with E-state index in [4.69, 9.17) is 5.73 Å². The van der Waals surface area contributed by atoms with Gasteiger partial charge in [0, 0.05) is 23.0 Å². The molecule has 1 aromatic rings. The number of carbonyl (C=O) groups excluding carboxylic acids is 1. The van der Waals surface area contributed by atoms with E-state index >= 15 is 0 Å². The molecule has 1 amide bonds. The minimum absolute atomic E-state index is 0.0193. The van der Waals surface area contributed by atoms with E-state index in [2.05, 4.69) is 10.3 Å². The molecule has 0 aromatic carbocycles. The summed E-state index contributed by atoms with van der Waals surface area (Å²) in [5.41, 5.74) is 6.41. The molecule has 0 saturated carbocycles. The van der Waals surface area contributed by atoms with Crippen LogP contribution in [0.3, 0.4) is 0 Å². The maximum atomic E-state index is 11.8. The number of hydrogen-bond acceptors (Lipinski definition) is 4. The Hall–Kier alpha value is -1.14. The topological polar surface area (TPSA) is 88.0 Å². The molecule has 2 unspecified atom stereocenters. The van der Waals surface area contributed by atoms with Crippen molar-refractivity contribution in [3.63, 3.8) is 0 Å². The SMILES string of the molecule is CC(N)CCCC(C)C(=O)NCc1csc(=O)[nH]1. The van der Waals surface area contributed by atoms with Gasteiger partial charge in [-0.1, -0.05) is 24.7 Å². The van der Waals surface area contributed by atoms with Crippen LogP contribution in [0, 0.1) is 5.92 Å². The second kappa shape index (κ2) is 7.33. The highest BCUT2D eigenvalue weighted by Crippen LogP contribution is 2.09. The van der Waals surface area contributed by atoms with Crippen LogP contribution in [0.1, 0.15) is 38.8 Å². The van der Waals surface area contributed by atoms with Crippen molar-refractivity contribution in [2.24, 2.45) is 11.7 Å². The molecular weight excluding hydrogens is 250 g/mol. The highest BCUT2D eigenvalue weighted by atomic mass is 32.1. The predicted molar refractivity (Wildman–Crippen MR) is 73.5 cm³/mol. The summed E-state index contributed by atoms with van der Waals surface area (Å²) in [6, 6.07) is 0.191. The molecule has 18 heavy (non-hydrogen) atoms. The highest BCUT2D eigenvalue weighted by molar-refractivity contribution is 7.07. The number of thiazole rings is 1. The van der Waals surface area contributed by atoms with Gasteiger partial charge < -0.3 is 16.0 Å². The lowest BCUT2D eigenvalue weighted by Crippen LogP contribution is -2.29. The molecule has 0 aliphatic rings. The van der Waals surface area contributed by atoms with Crippen molar-refractivity contribution in [2.45, 2.75) is 45.7 Å². The number of carbonyl (C=O) groups is 1. The van der Waals surface area contributed by atoms with E-state index in [-0.39, 0.29) is 22.7 Å². The van der Waals surface area contributed by atoms with E-state index in [1.54, 1.807) is 5.38 Å². The van der Waals surface area contributed by atoms with Gasteiger partial charge in [-0.2, -0.15) is 0 Å². The minimum Gasteiger partial charge on any atom is -0.350 e. The Balaban J connectivity index is 2.25. The predicted octanol–water partition coefficient (Wildman–Crippen LogP) is 1.21. The summed E-state index contributed by atoms with van der Waals surface area (Å²) in [5, 5.41) is 4.54. The van der Waals surface area contributed by atoms with Gasteiger partial charge in [-0.3, -0.25) is 9.59 Å². The number of hydrogen-bond donors (Lipinski definition) is 3. The minimum atomic E-state index is -0.0933. The van der Waals surface area contributed by atoms with Gasteiger partial charge in [0.1, 0.15) is 0 Å². The molecule has 102 valence electrons. The average Bonchev–Trinajstić information content (AvgIpc) is 2.71. The maximum Gasteiger partial charge on any atom is 0.304 e. The Morgan fingerprint density at radius 3 is 2.78 bits per heavy atom. The molecule has 6 heteroatoms. The number of nitrogens with two attached hydrogens (primary N) is 1. The summed E-state index contributed by atoms with van der Waals surface area (Å²) in [7, 11) is 0. The van der Waals surface area contributed by atoms with Gasteiger partial charge >= 0.3 is 4.87 Å². The van der Waals surface area contributed by atoms with Crippen LogP contribution in [-0.4, -0.2) is 16.9 Å². The number of aromatic nitrogens is 1. The summed E-state index contributed by atoms with van der Waals surface area (Å²) in [6.45, 7) is 4.26. The summed E-state index contributed by atoms with van der Waals surface area (Å²) in [6.07, 6.45) is 2.74. The smallest absolute Gasteiger partial charge is 0.304 e. The summed E-state index contributed by atoms with van der Waals surface area (Å²) < 4.78 is 0. The molecule has 0 radical (unpaired) electrons. The fourth-order valence-corrected chi connectivity index (χ4v) is 2.22. The Labute approximate surface area is 111 Å². The molecule has 4 N–H and O–H groups in total. The van der Waals surface area contributed by atoms with Crippen molar-refractivity contribution in [3.8, 4) is 0 Å². The second-order valence-corrected chi connectivity index (χ2v) is 5.54. The van der Waals surface area contributed by atoms with E-state index in [1.165, 1.54) is 0 Å². The Kier molecular flexibility index (Phi) is 6.07. The van der Waals surface area contributed by atoms with Crippen LogP contribution < -0.4 is 15.9 Å². The first kappa shape index (κ1) is 14.9. The summed E-state index contributed by atoms with van der Waals surface area (Å²) >= 11 is 1.11. The molecule has 0 aliphatic carbocycles. The highest BCUT2D eigenvalue weighted by Gasteiger charge is 2.12. The Morgan fingerprint density at radius 2 is 2.22 bits per heavy atom. The van der Waals surface area contributed by atoms with Crippen LogP contribution in [0.25, 0.3) is 0 Å². The van der Waals surface area contributed by atoms with Crippen LogP contribution in [-0.2, 0) is 11.3 Å². The molecule has 1 aromatic heterocycles. The maximum absolute atomic E-state index is 11.8. The van der Waals surface area contributed by atoms with Crippen molar-refractivity contribution < 1.29 is 4.79 Å². The van der Waals surface area contributed by atoms with Crippen LogP contribution in [0.15, 0.2) is 10.2 Å². The Morgan fingerprint density at radius 1 is 1.50 bits per heavy atom. The quantitative estimate of drug-likeness (QED) is 0.696. The van der Waals surface area contributed by atoms with Gasteiger partial charge in [-0.25, -0.2) is 0 Å². The number of rotatable bonds is 7. The first-order valence-corrected chi connectivity index (χ1v) is 7.07. The van der Waals surface area contributed by atoms with Crippen LogP contribution >= 0.6 is 11.3 Å². The monoisotopic (exact) mass is 271 g/mol. The molecule has 1 rings (SSSR count). The molecular formula is C12H21N3O2S. The molecule has 0 spiro atoms. The lowest BCUT2D eigenvalue weighted by atomic mass is 10.0. The first-order valence-electron chi connectivity index (χ1n) is 6.19. The summed E-state index contributed by atoms with van der Waals surface area (Å²) in [5.74, 6) is 0.000770. The second-order valence-electron chi connectivity index (χ2n) is 4.70. The number of H-pyrrole nitrogens is 1. The lowest BCUT2D eigenvalue weighted by Gasteiger charge is -2.12. The van der Waals surface area contributed by atoms with E-state index in [0.29, 0.717) is 6.54 Å². The fraction of sp³-hybridized carbons (Fsp3) is 0.667. The normalized spacial score (nSPS) is 14.2. The van der Waals surface area contributed by atoms with Crippen molar-refractivity contribution in [1.29, 1.82) is 0 Å². The summed E-state index contributed by atoms with van der Waals surface area (Å²) in [4.78, 5) is 25.2. The number of amides is 1. The van der Waals surface area contributed by atoms with Gasteiger partial charge in [-0.05, 0) is 19.8 Å². The molecule has 0 saturated heterocycles.